The van der Waals surface area contributed by atoms with E-state index in [1.165, 1.54) is 0 Å². The highest BCUT2D eigenvalue weighted by Gasteiger charge is 2.38. The van der Waals surface area contributed by atoms with Gasteiger partial charge in [0, 0.05) is 17.5 Å². The van der Waals surface area contributed by atoms with Gasteiger partial charge in [-0.2, -0.15) is 0 Å². The molecular weight excluding hydrogens is 176 g/mol. The minimum absolute atomic E-state index is 0.181. The lowest BCUT2D eigenvalue weighted by Crippen LogP contribution is -2.51. The van der Waals surface area contributed by atoms with Crippen LogP contribution in [0.4, 0.5) is 0 Å². The summed E-state index contributed by atoms with van der Waals surface area (Å²) < 4.78 is 2.04. The normalized spacial score (nSPS) is 13.3. The number of aromatic nitrogens is 3. The third kappa shape index (κ3) is 1.66. The molecule has 80 valence electrons. The summed E-state index contributed by atoms with van der Waals surface area (Å²) in [5.74, 6) is 0.951. The minimum Gasteiger partial charge on any atom is -0.325 e. The first-order valence-corrected chi connectivity index (χ1v) is 4.98. The van der Waals surface area contributed by atoms with Gasteiger partial charge in [-0.05, 0) is 20.8 Å². The quantitative estimate of drug-likeness (QED) is 0.793. The van der Waals surface area contributed by atoms with Crippen molar-refractivity contribution < 1.29 is 0 Å². The van der Waals surface area contributed by atoms with Gasteiger partial charge in [0.05, 0.1) is 0 Å². The van der Waals surface area contributed by atoms with Gasteiger partial charge in [0.1, 0.15) is 12.2 Å². The monoisotopic (exact) mass is 196 g/mol. The Hall–Kier alpha value is -0.900. The van der Waals surface area contributed by atoms with E-state index in [1.54, 1.807) is 6.33 Å². The van der Waals surface area contributed by atoms with Crippen molar-refractivity contribution in [2.45, 2.75) is 52.1 Å². The number of aryl methyl sites for hydroxylation is 1. The van der Waals surface area contributed by atoms with Gasteiger partial charge in [0.15, 0.2) is 0 Å². The average molecular weight is 196 g/mol. The molecule has 0 spiro atoms. The van der Waals surface area contributed by atoms with E-state index >= 15 is 0 Å². The average Bonchev–Trinajstić information content (AvgIpc) is 2.49. The SMILES string of the molecule is CCn1cnnc1C(C)(C)C(C)(C)N. The highest BCUT2D eigenvalue weighted by molar-refractivity contribution is 5.13. The Morgan fingerprint density at radius 2 is 1.93 bits per heavy atom. The van der Waals surface area contributed by atoms with Gasteiger partial charge in [-0.3, -0.25) is 0 Å². The predicted molar refractivity (Wildman–Crippen MR) is 57.0 cm³/mol. The summed E-state index contributed by atoms with van der Waals surface area (Å²) in [4.78, 5) is 0. The standard InChI is InChI=1S/C10H20N4/c1-6-14-7-12-13-8(14)9(2,3)10(4,5)11/h7H,6,11H2,1-5H3. The van der Waals surface area contributed by atoms with Crippen LogP contribution in [0.25, 0.3) is 0 Å². The first kappa shape index (κ1) is 11.2. The fourth-order valence-electron chi connectivity index (χ4n) is 1.26. The largest absolute Gasteiger partial charge is 0.325 e. The zero-order chi connectivity index (χ0) is 11.0. The topological polar surface area (TPSA) is 56.7 Å². The molecule has 14 heavy (non-hydrogen) atoms. The van der Waals surface area contributed by atoms with E-state index in [2.05, 4.69) is 31.0 Å². The molecule has 0 amide bonds. The Morgan fingerprint density at radius 3 is 2.36 bits per heavy atom. The number of nitrogens with zero attached hydrogens (tertiary/aromatic N) is 3. The summed E-state index contributed by atoms with van der Waals surface area (Å²) in [7, 11) is 0. The number of hydrogen-bond donors (Lipinski definition) is 1. The molecule has 1 aromatic rings. The number of rotatable bonds is 3. The minimum atomic E-state index is -0.313. The maximum absolute atomic E-state index is 6.15. The fraction of sp³-hybridized carbons (Fsp3) is 0.800. The van der Waals surface area contributed by atoms with Crippen molar-refractivity contribution in [2.75, 3.05) is 0 Å². The zero-order valence-electron chi connectivity index (χ0n) is 9.70. The molecule has 1 rings (SSSR count). The second kappa shape index (κ2) is 3.35. The Balaban J connectivity index is 3.16. The molecule has 4 nitrogen and oxygen atoms in total. The van der Waals surface area contributed by atoms with E-state index in [9.17, 15) is 0 Å². The van der Waals surface area contributed by atoms with Crippen LogP contribution in [0.15, 0.2) is 6.33 Å². The van der Waals surface area contributed by atoms with Crippen LogP contribution in [0.3, 0.4) is 0 Å². The lowest BCUT2D eigenvalue weighted by molar-refractivity contribution is 0.281. The summed E-state index contributed by atoms with van der Waals surface area (Å²) in [6.07, 6.45) is 1.75. The third-order valence-electron chi connectivity index (χ3n) is 3.13. The van der Waals surface area contributed by atoms with Crippen molar-refractivity contribution in [1.29, 1.82) is 0 Å². The van der Waals surface area contributed by atoms with Gasteiger partial charge in [-0.25, -0.2) is 0 Å². The van der Waals surface area contributed by atoms with E-state index in [1.807, 2.05) is 18.4 Å². The van der Waals surface area contributed by atoms with Crippen LogP contribution >= 0.6 is 0 Å². The number of nitrogens with two attached hydrogens (primary N) is 1. The summed E-state index contributed by atoms with van der Waals surface area (Å²) in [6, 6.07) is 0. The van der Waals surface area contributed by atoms with E-state index in [-0.39, 0.29) is 11.0 Å². The molecule has 0 atom stereocenters. The van der Waals surface area contributed by atoms with Gasteiger partial charge >= 0.3 is 0 Å². The van der Waals surface area contributed by atoms with Crippen LogP contribution in [0.1, 0.15) is 40.4 Å². The molecule has 0 bridgehead atoms. The Bertz CT molecular complexity index is 306. The Labute approximate surface area is 85.5 Å². The van der Waals surface area contributed by atoms with Gasteiger partial charge < -0.3 is 10.3 Å². The van der Waals surface area contributed by atoms with E-state index in [4.69, 9.17) is 5.73 Å². The molecule has 0 saturated heterocycles. The van der Waals surface area contributed by atoms with Crippen LogP contribution in [-0.2, 0) is 12.0 Å². The van der Waals surface area contributed by atoms with E-state index < -0.39 is 0 Å². The molecule has 0 unspecified atom stereocenters. The highest BCUT2D eigenvalue weighted by atomic mass is 15.3. The number of hydrogen-bond acceptors (Lipinski definition) is 3. The molecule has 0 fully saturated rings. The van der Waals surface area contributed by atoms with Gasteiger partial charge in [0.2, 0.25) is 0 Å². The predicted octanol–water partition coefficient (Wildman–Crippen LogP) is 1.31. The van der Waals surface area contributed by atoms with Crippen molar-refractivity contribution in [3.63, 3.8) is 0 Å². The third-order valence-corrected chi connectivity index (χ3v) is 3.13. The Morgan fingerprint density at radius 1 is 1.36 bits per heavy atom. The summed E-state index contributed by atoms with van der Waals surface area (Å²) >= 11 is 0. The lowest BCUT2D eigenvalue weighted by Gasteiger charge is -2.37. The molecule has 0 aliphatic carbocycles. The van der Waals surface area contributed by atoms with Crippen LogP contribution in [0, 0.1) is 0 Å². The van der Waals surface area contributed by atoms with Gasteiger partial charge in [0.25, 0.3) is 0 Å². The molecule has 2 N–H and O–H groups in total. The molecule has 0 saturated carbocycles. The van der Waals surface area contributed by atoms with Crippen molar-refractivity contribution in [3.8, 4) is 0 Å². The maximum Gasteiger partial charge on any atom is 0.140 e. The van der Waals surface area contributed by atoms with Crippen LogP contribution in [0.2, 0.25) is 0 Å². The van der Waals surface area contributed by atoms with E-state index in [0.717, 1.165) is 12.4 Å². The maximum atomic E-state index is 6.15. The molecule has 0 radical (unpaired) electrons. The molecule has 1 heterocycles. The first-order valence-electron chi connectivity index (χ1n) is 4.98. The van der Waals surface area contributed by atoms with Crippen molar-refractivity contribution in [3.05, 3.63) is 12.2 Å². The molecule has 4 heteroatoms. The smallest absolute Gasteiger partial charge is 0.140 e. The highest BCUT2D eigenvalue weighted by Crippen LogP contribution is 2.31. The molecular formula is C10H20N4. The molecule has 0 aliphatic heterocycles. The van der Waals surface area contributed by atoms with Crippen LogP contribution < -0.4 is 5.73 Å². The second-order valence-electron chi connectivity index (χ2n) is 4.79. The van der Waals surface area contributed by atoms with Gasteiger partial charge in [-0.1, -0.05) is 13.8 Å². The lowest BCUT2D eigenvalue weighted by atomic mass is 9.74. The van der Waals surface area contributed by atoms with Crippen molar-refractivity contribution >= 4 is 0 Å². The first-order chi connectivity index (χ1) is 6.30. The van der Waals surface area contributed by atoms with Crippen molar-refractivity contribution in [1.82, 2.24) is 14.8 Å². The van der Waals surface area contributed by atoms with Gasteiger partial charge in [-0.15, -0.1) is 10.2 Å². The molecule has 0 aliphatic rings. The second-order valence-corrected chi connectivity index (χ2v) is 4.79. The van der Waals surface area contributed by atoms with E-state index in [0.29, 0.717) is 0 Å². The van der Waals surface area contributed by atoms with Crippen LogP contribution in [-0.4, -0.2) is 20.3 Å². The summed E-state index contributed by atoms with van der Waals surface area (Å²) in [5.41, 5.74) is 5.65. The fourth-order valence-corrected chi connectivity index (χ4v) is 1.26. The van der Waals surface area contributed by atoms with Crippen molar-refractivity contribution in [2.24, 2.45) is 5.73 Å². The molecule has 1 aromatic heterocycles. The zero-order valence-corrected chi connectivity index (χ0v) is 9.70. The Kier molecular flexibility index (Phi) is 2.67. The summed E-state index contributed by atoms with van der Waals surface area (Å²) in [6.45, 7) is 11.2. The van der Waals surface area contributed by atoms with Crippen LogP contribution in [0.5, 0.6) is 0 Å². The summed E-state index contributed by atoms with van der Waals surface area (Å²) in [5, 5.41) is 8.09. The molecule has 0 aromatic carbocycles.